The molecular weight excluding hydrogens is 354 g/mol. The van der Waals surface area contributed by atoms with Crippen molar-refractivity contribution >= 4 is 23.6 Å². The van der Waals surface area contributed by atoms with E-state index in [-0.39, 0.29) is 23.7 Å². The normalized spacial score (nSPS) is 12.8. The van der Waals surface area contributed by atoms with Crippen molar-refractivity contribution in [3.63, 3.8) is 0 Å². The third kappa shape index (κ3) is 4.76. The van der Waals surface area contributed by atoms with E-state index in [0.717, 1.165) is 17.0 Å². The molecule has 2 aromatic heterocycles. The zero-order valence-electron chi connectivity index (χ0n) is 16.7. The SMILES string of the molecule is CC(C)CCCC(C)N(C)CCn1cnc2c1c(=O)n(C)c(=O)n2C.Cl. The summed E-state index contributed by atoms with van der Waals surface area (Å²) in [5.41, 5.74) is 0.299. The zero-order valence-corrected chi connectivity index (χ0v) is 17.5. The molecule has 0 radical (unpaired) electrons. The Hall–Kier alpha value is -1.60. The van der Waals surface area contributed by atoms with Gasteiger partial charge >= 0.3 is 5.69 Å². The van der Waals surface area contributed by atoms with Gasteiger partial charge < -0.3 is 9.47 Å². The molecule has 148 valence electrons. The van der Waals surface area contributed by atoms with Crippen LogP contribution in [0.1, 0.15) is 40.0 Å². The van der Waals surface area contributed by atoms with Crippen LogP contribution < -0.4 is 11.2 Å². The van der Waals surface area contributed by atoms with Crippen molar-refractivity contribution in [1.29, 1.82) is 0 Å². The number of aryl methyl sites for hydroxylation is 1. The fourth-order valence-electron chi connectivity index (χ4n) is 3.09. The van der Waals surface area contributed by atoms with Gasteiger partial charge in [-0.25, -0.2) is 9.78 Å². The van der Waals surface area contributed by atoms with Crippen LogP contribution in [0.2, 0.25) is 0 Å². The van der Waals surface area contributed by atoms with Crippen molar-refractivity contribution in [3.05, 3.63) is 27.2 Å². The zero-order chi connectivity index (χ0) is 18.7. The molecule has 2 rings (SSSR count). The average Bonchev–Trinajstić information content (AvgIpc) is 2.99. The van der Waals surface area contributed by atoms with E-state index in [1.54, 1.807) is 13.4 Å². The van der Waals surface area contributed by atoms with Gasteiger partial charge in [0.25, 0.3) is 5.56 Å². The largest absolute Gasteiger partial charge is 0.332 e. The molecule has 0 amide bonds. The molecule has 1 unspecified atom stereocenters. The lowest BCUT2D eigenvalue weighted by molar-refractivity contribution is 0.231. The number of halogens is 1. The van der Waals surface area contributed by atoms with Crippen LogP contribution in [-0.2, 0) is 20.6 Å². The molecule has 2 aromatic rings. The second-order valence-corrected chi connectivity index (χ2v) is 7.47. The fraction of sp³-hybridized carbons (Fsp3) is 0.722. The highest BCUT2D eigenvalue weighted by Gasteiger charge is 2.15. The summed E-state index contributed by atoms with van der Waals surface area (Å²) in [6.07, 6.45) is 5.33. The van der Waals surface area contributed by atoms with Gasteiger partial charge in [0.15, 0.2) is 11.2 Å². The molecule has 0 aliphatic rings. The number of imidazole rings is 1. The minimum atomic E-state index is -0.348. The summed E-state index contributed by atoms with van der Waals surface area (Å²) in [5, 5.41) is 0. The number of aromatic nitrogens is 4. The topological polar surface area (TPSA) is 65.1 Å². The van der Waals surface area contributed by atoms with E-state index in [0.29, 0.717) is 23.8 Å². The van der Waals surface area contributed by atoms with Gasteiger partial charge in [0, 0.05) is 33.2 Å². The van der Waals surface area contributed by atoms with Gasteiger partial charge in [0.2, 0.25) is 0 Å². The van der Waals surface area contributed by atoms with Crippen LogP contribution in [0.3, 0.4) is 0 Å². The van der Waals surface area contributed by atoms with Crippen LogP contribution in [0.4, 0.5) is 0 Å². The molecule has 0 bridgehead atoms. The maximum absolute atomic E-state index is 12.4. The first-order valence-electron chi connectivity index (χ1n) is 9.05. The Balaban J connectivity index is 0.00000338. The Morgan fingerprint density at radius 2 is 1.77 bits per heavy atom. The van der Waals surface area contributed by atoms with Crippen molar-refractivity contribution in [1.82, 2.24) is 23.6 Å². The first kappa shape index (κ1) is 22.4. The molecule has 0 fully saturated rings. The van der Waals surface area contributed by atoms with Crippen LogP contribution in [0.25, 0.3) is 11.2 Å². The predicted molar refractivity (Wildman–Crippen MR) is 108 cm³/mol. The minimum absolute atomic E-state index is 0. The lowest BCUT2D eigenvalue weighted by Crippen LogP contribution is -2.38. The highest BCUT2D eigenvalue weighted by atomic mass is 35.5. The van der Waals surface area contributed by atoms with Gasteiger partial charge in [-0.15, -0.1) is 12.4 Å². The molecular formula is C18H32ClN5O2. The maximum Gasteiger partial charge on any atom is 0.332 e. The Morgan fingerprint density at radius 3 is 2.38 bits per heavy atom. The first-order valence-corrected chi connectivity index (χ1v) is 9.05. The summed E-state index contributed by atoms with van der Waals surface area (Å²) >= 11 is 0. The minimum Gasteiger partial charge on any atom is -0.323 e. The van der Waals surface area contributed by atoms with Crippen molar-refractivity contribution in [2.24, 2.45) is 20.0 Å². The van der Waals surface area contributed by atoms with Gasteiger partial charge in [-0.05, 0) is 26.3 Å². The Kier molecular flexibility index (Phi) is 8.09. The van der Waals surface area contributed by atoms with Crippen molar-refractivity contribution < 1.29 is 0 Å². The summed E-state index contributed by atoms with van der Waals surface area (Å²) in [6, 6.07) is 0.501. The van der Waals surface area contributed by atoms with Crippen LogP contribution in [0, 0.1) is 5.92 Å². The molecule has 0 aliphatic heterocycles. The number of hydrogen-bond acceptors (Lipinski definition) is 4. The molecule has 2 heterocycles. The van der Waals surface area contributed by atoms with E-state index in [4.69, 9.17) is 0 Å². The van der Waals surface area contributed by atoms with Gasteiger partial charge in [0.05, 0.1) is 6.33 Å². The number of likely N-dealkylation sites (N-methyl/N-ethyl adjacent to an activating group) is 1. The third-order valence-corrected chi connectivity index (χ3v) is 5.07. The van der Waals surface area contributed by atoms with Crippen LogP contribution >= 0.6 is 12.4 Å². The average molecular weight is 386 g/mol. The molecule has 0 N–H and O–H groups in total. The van der Waals surface area contributed by atoms with E-state index < -0.39 is 0 Å². The fourth-order valence-corrected chi connectivity index (χ4v) is 3.09. The Labute approximate surface area is 161 Å². The standard InChI is InChI=1S/C18H31N5O2.ClH/c1-13(2)8-7-9-14(3)20(4)10-11-23-12-19-16-15(23)17(24)22(6)18(25)21(16)5;/h12-14H,7-11H2,1-6H3;1H. The lowest BCUT2D eigenvalue weighted by Gasteiger charge is -2.25. The highest BCUT2D eigenvalue weighted by molar-refractivity contribution is 5.85. The van der Waals surface area contributed by atoms with Gasteiger partial charge in [-0.1, -0.05) is 26.7 Å². The number of fused-ring (bicyclic) bond motifs is 1. The van der Waals surface area contributed by atoms with Crippen LogP contribution in [0.5, 0.6) is 0 Å². The molecule has 8 heteroatoms. The third-order valence-electron chi connectivity index (χ3n) is 5.07. The second kappa shape index (κ2) is 9.37. The monoisotopic (exact) mass is 385 g/mol. The summed E-state index contributed by atoms with van der Waals surface area (Å²) in [5.74, 6) is 0.748. The molecule has 0 saturated heterocycles. The quantitative estimate of drug-likeness (QED) is 0.697. The molecule has 0 spiro atoms. The molecule has 0 aromatic carbocycles. The molecule has 26 heavy (non-hydrogen) atoms. The molecule has 0 saturated carbocycles. The Bertz CT molecular complexity index is 836. The van der Waals surface area contributed by atoms with Crippen molar-refractivity contribution in [3.8, 4) is 0 Å². The van der Waals surface area contributed by atoms with E-state index in [9.17, 15) is 9.59 Å². The summed E-state index contributed by atoms with van der Waals surface area (Å²) in [4.78, 5) is 31.0. The number of hydrogen-bond donors (Lipinski definition) is 0. The predicted octanol–water partition coefficient (Wildman–Crippen LogP) is 2.00. The highest BCUT2D eigenvalue weighted by Crippen LogP contribution is 2.12. The number of rotatable bonds is 8. The van der Waals surface area contributed by atoms with E-state index in [2.05, 4.69) is 37.7 Å². The van der Waals surface area contributed by atoms with Crippen molar-refractivity contribution in [2.75, 3.05) is 13.6 Å². The summed E-state index contributed by atoms with van der Waals surface area (Å²) < 4.78 is 4.42. The number of nitrogens with zero attached hydrogens (tertiary/aromatic N) is 5. The van der Waals surface area contributed by atoms with Gasteiger partial charge in [-0.2, -0.15) is 0 Å². The maximum atomic E-state index is 12.4. The molecule has 1 atom stereocenters. The van der Waals surface area contributed by atoms with Gasteiger partial charge in [0.1, 0.15) is 0 Å². The van der Waals surface area contributed by atoms with E-state index in [1.807, 2.05) is 4.57 Å². The smallest absolute Gasteiger partial charge is 0.323 e. The Morgan fingerprint density at radius 1 is 1.12 bits per heavy atom. The lowest BCUT2D eigenvalue weighted by atomic mass is 10.0. The van der Waals surface area contributed by atoms with Crippen molar-refractivity contribution in [2.45, 2.75) is 52.6 Å². The van der Waals surface area contributed by atoms with Crippen LogP contribution in [-0.4, -0.2) is 43.2 Å². The van der Waals surface area contributed by atoms with Gasteiger partial charge in [-0.3, -0.25) is 13.9 Å². The first-order chi connectivity index (χ1) is 11.7. The van der Waals surface area contributed by atoms with E-state index >= 15 is 0 Å². The summed E-state index contributed by atoms with van der Waals surface area (Å²) in [7, 11) is 5.27. The second-order valence-electron chi connectivity index (χ2n) is 7.47. The summed E-state index contributed by atoms with van der Waals surface area (Å²) in [6.45, 7) is 8.27. The molecule has 0 aliphatic carbocycles. The van der Waals surface area contributed by atoms with Crippen LogP contribution in [0.15, 0.2) is 15.9 Å². The van der Waals surface area contributed by atoms with E-state index in [1.165, 1.54) is 30.9 Å². The molecule has 7 nitrogen and oxygen atoms in total.